The highest BCUT2D eigenvalue weighted by molar-refractivity contribution is 5.77. The van der Waals surface area contributed by atoms with E-state index in [9.17, 15) is 9.59 Å². The summed E-state index contributed by atoms with van der Waals surface area (Å²) in [6.45, 7) is 10.4. The molecule has 0 radical (unpaired) electrons. The molecule has 0 aliphatic carbocycles. The molecular weight excluding hydrogens is 308 g/mol. The Balaban J connectivity index is 1.50. The quantitative estimate of drug-likeness (QED) is 0.838. The Labute approximate surface area is 142 Å². The highest BCUT2D eigenvalue weighted by Gasteiger charge is 2.31. The van der Waals surface area contributed by atoms with Gasteiger partial charge in [0.2, 0.25) is 5.91 Å². The van der Waals surface area contributed by atoms with Crippen LogP contribution in [0.4, 0.5) is 0 Å². The van der Waals surface area contributed by atoms with Gasteiger partial charge in [0.25, 0.3) is 5.56 Å². The van der Waals surface area contributed by atoms with Crippen molar-refractivity contribution in [1.82, 2.24) is 20.0 Å². The van der Waals surface area contributed by atoms with Crippen LogP contribution in [0.5, 0.6) is 0 Å². The molecule has 2 aliphatic heterocycles. The highest BCUT2D eigenvalue weighted by Crippen LogP contribution is 2.20. The van der Waals surface area contributed by atoms with Crippen LogP contribution >= 0.6 is 0 Å². The van der Waals surface area contributed by atoms with Gasteiger partial charge in [-0.25, -0.2) is 4.68 Å². The molecule has 132 valence electrons. The number of aromatic nitrogens is 2. The lowest BCUT2D eigenvalue weighted by Gasteiger charge is -2.41. The van der Waals surface area contributed by atoms with Gasteiger partial charge in [-0.1, -0.05) is 20.8 Å². The lowest BCUT2D eigenvalue weighted by Crippen LogP contribution is -2.55. The van der Waals surface area contributed by atoms with E-state index in [1.54, 1.807) is 10.7 Å². The SMILES string of the molecule is CC(C)(C)c1ccc(=O)n(CC2CN(CC3CNC(=O)CO3)C2)n1. The predicted octanol–water partition coefficient (Wildman–Crippen LogP) is -0.0124. The maximum atomic E-state index is 12.0. The Morgan fingerprint density at radius 3 is 2.62 bits per heavy atom. The maximum absolute atomic E-state index is 12.0. The molecule has 0 saturated carbocycles. The van der Waals surface area contributed by atoms with E-state index < -0.39 is 0 Å². The second-order valence-corrected chi connectivity index (χ2v) is 7.81. The molecule has 2 aliphatic rings. The summed E-state index contributed by atoms with van der Waals surface area (Å²) < 4.78 is 7.10. The van der Waals surface area contributed by atoms with Crippen molar-refractivity contribution in [2.75, 3.05) is 32.8 Å². The molecule has 7 heteroatoms. The first kappa shape index (κ1) is 17.1. The number of hydrogen-bond donors (Lipinski definition) is 1. The molecule has 0 spiro atoms. The number of morpholine rings is 1. The van der Waals surface area contributed by atoms with Gasteiger partial charge in [0.05, 0.1) is 18.3 Å². The molecular formula is C17H26N4O3. The molecule has 1 atom stereocenters. The van der Waals surface area contributed by atoms with E-state index in [4.69, 9.17) is 4.74 Å². The number of nitrogens with zero attached hydrogens (tertiary/aromatic N) is 3. The minimum Gasteiger partial charge on any atom is -0.365 e. The fourth-order valence-electron chi connectivity index (χ4n) is 3.10. The zero-order valence-corrected chi connectivity index (χ0v) is 14.6. The average molecular weight is 334 g/mol. The molecule has 0 bridgehead atoms. The van der Waals surface area contributed by atoms with Crippen molar-refractivity contribution in [1.29, 1.82) is 0 Å². The number of carbonyl (C=O) groups is 1. The fourth-order valence-corrected chi connectivity index (χ4v) is 3.10. The predicted molar refractivity (Wildman–Crippen MR) is 89.9 cm³/mol. The van der Waals surface area contributed by atoms with Crippen molar-refractivity contribution in [2.45, 2.75) is 38.8 Å². The molecule has 3 rings (SSSR count). The van der Waals surface area contributed by atoms with Crippen molar-refractivity contribution >= 4 is 5.91 Å². The van der Waals surface area contributed by atoms with Gasteiger partial charge in [0, 0.05) is 43.6 Å². The molecule has 7 nitrogen and oxygen atoms in total. The summed E-state index contributed by atoms with van der Waals surface area (Å²) in [4.78, 5) is 25.4. The first-order chi connectivity index (χ1) is 11.3. The summed E-state index contributed by atoms with van der Waals surface area (Å²) in [6.07, 6.45) is 0.0636. The minimum atomic E-state index is -0.0656. The van der Waals surface area contributed by atoms with Gasteiger partial charge in [0.1, 0.15) is 6.61 Å². The van der Waals surface area contributed by atoms with Crippen LogP contribution in [0.25, 0.3) is 0 Å². The lowest BCUT2D eigenvalue weighted by molar-refractivity contribution is -0.134. The summed E-state index contributed by atoms with van der Waals surface area (Å²) in [6, 6.07) is 3.43. The van der Waals surface area contributed by atoms with Crippen LogP contribution in [-0.2, 0) is 21.5 Å². The number of amides is 1. The maximum Gasteiger partial charge on any atom is 0.266 e. The second kappa shape index (κ2) is 6.64. The normalized spacial score (nSPS) is 23.0. The van der Waals surface area contributed by atoms with Crippen LogP contribution in [0.1, 0.15) is 26.5 Å². The van der Waals surface area contributed by atoms with Gasteiger partial charge in [-0.15, -0.1) is 0 Å². The number of carbonyl (C=O) groups excluding carboxylic acids is 1. The van der Waals surface area contributed by atoms with Crippen LogP contribution in [0, 0.1) is 5.92 Å². The Morgan fingerprint density at radius 2 is 2.00 bits per heavy atom. The van der Waals surface area contributed by atoms with Gasteiger partial charge < -0.3 is 10.1 Å². The van der Waals surface area contributed by atoms with Crippen LogP contribution in [0.3, 0.4) is 0 Å². The molecule has 24 heavy (non-hydrogen) atoms. The van der Waals surface area contributed by atoms with Crippen molar-refractivity contribution < 1.29 is 9.53 Å². The molecule has 1 aromatic heterocycles. The Bertz CT molecular complexity index is 649. The molecule has 1 N–H and O–H groups in total. The highest BCUT2D eigenvalue weighted by atomic mass is 16.5. The smallest absolute Gasteiger partial charge is 0.266 e. The standard InChI is InChI=1S/C17H26N4O3/c1-17(2,3)14-4-5-16(23)21(19-14)9-12-7-20(8-12)10-13-6-18-15(22)11-24-13/h4-5,12-13H,6-11H2,1-3H3,(H,18,22). The number of likely N-dealkylation sites (tertiary alicyclic amines) is 1. The van der Waals surface area contributed by atoms with Crippen LogP contribution < -0.4 is 10.9 Å². The van der Waals surface area contributed by atoms with E-state index in [2.05, 4.69) is 36.1 Å². The topological polar surface area (TPSA) is 76.5 Å². The van der Waals surface area contributed by atoms with Gasteiger partial charge in [-0.3, -0.25) is 14.5 Å². The molecule has 0 aromatic carbocycles. The Hall–Kier alpha value is -1.73. The van der Waals surface area contributed by atoms with Crippen molar-refractivity contribution in [3.63, 3.8) is 0 Å². The second-order valence-electron chi connectivity index (χ2n) is 7.81. The Morgan fingerprint density at radius 1 is 1.25 bits per heavy atom. The van der Waals surface area contributed by atoms with Crippen molar-refractivity contribution in [2.24, 2.45) is 5.92 Å². The van der Waals surface area contributed by atoms with Crippen LogP contribution in [0.15, 0.2) is 16.9 Å². The van der Waals surface area contributed by atoms with Gasteiger partial charge in [0.15, 0.2) is 0 Å². The first-order valence-corrected chi connectivity index (χ1v) is 8.50. The largest absolute Gasteiger partial charge is 0.365 e. The third-order valence-corrected chi connectivity index (χ3v) is 4.54. The van der Waals surface area contributed by atoms with E-state index in [0.717, 1.165) is 25.3 Å². The van der Waals surface area contributed by atoms with E-state index in [-0.39, 0.29) is 29.6 Å². The average Bonchev–Trinajstić information content (AvgIpc) is 2.47. The number of nitrogens with one attached hydrogen (secondary N) is 1. The zero-order chi connectivity index (χ0) is 17.3. The fraction of sp³-hybridized carbons (Fsp3) is 0.706. The third kappa shape index (κ3) is 4.02. The number of hydrogen-bond acceptors (Lipinski definition) is 5. The van der Waals surface area contributed by atoms with E-state index in [0.29, 0.717) is 19.0 Å². The van der Waals surface area contributed by atoms with Gasteiger partial charge >= 0.3 is 0 Å². The lowest BCUT2D eigenvalue weighted by atomic mass is 9.92. The van der Waals surface area contributed by atoms with Crippen molar-refractivity contribution in [3.8, 4) is 0 Å². The summed E-state index contributed by atoms with van der Waals surface area (Å²) in [5.41, 5.74) is 0.827. The zero-order valence-electron chi connectivity index (χ0n) is 14.6. The number of ether oxygens (including phenoxy) is 1. The minimum absolute atomic E-state index is 0.0419. The van der Waals surface area contributed by atoms with Gasteiger partial charge in [-0.2, -0.15) is 5.10 Å². The first-order valence-electron chi connectivity index (χ1n) is 8.50. The summed E-state index contributed by atoms with van der Waals surface area (Å²) in [7, 11) is 0. The molecule has 2 fully saturated rings. The number of rotatable bonds is 4. The van der Waals surface area contributed by atoms with Crippen LogP contribution in [-0.4, -0.2) is 59.5 Å². The Kier molecular flexibility index (Phi) is 4.73. The van der Waals surface area contributed by atoms with E-state index in [1.165, 1.54) is 0 Å². The molecule has 1 aromatic rings. The van der Waals surface area contributed by atoms with Crippen LogP contribution in [0.2, 0.25) is 0 Å². The monoisotopic (exact) mass is 334 g/mol. The molecule has 2 saturated heterocycles. The summed E-state index contributed by atoms with van der Waals surface area (Å²) in [5, 5.41) is 7.35. The summed E-state index contributed by atoms with van der Waals surface area (Å²) in [5.74, 6) is 0.389. The van der Waals surface area contributed by atoms with Crippen molar-refractivity contribution in [3.05, 3.63) is 28.2 Å². The molecule has 1 unspecified atom stereocenters. The molecule has 1 amide bonds. The van der Waals surface area contributed by atoms with Gasteiger partial charge in [-0.05, 0) is 6.07 Å². The van der Waals surface area contributed by atoms with E-state index >= 15 is 0 Å². The van der Waals surface area contributed by atoms with E-state index in [1.807, 2.05) is 6.07 Å². The summed E-state index contributed by atoms with van der Waals surface area (Å²) >= 11 is 0. The molecule has 3 heterocycles. The third-order valence-electron chi connectivity index (χ3n) is 4.54.